The van der Waals surface area contributed by atoms with Crippen LogP contribution in [0.2, 0.25) is 0 Å². The van der Waals surface area contributed by atoms with E-state index in [1.807, 2.05) is 38.2 Å². The van der Waals surface area contributed by atoms with Crippen LogP contribution in [0.4, 0.5) is 0 Å². The van der Waals surface area contributed by atoms with Crippen LogP contribution in [0, 0.1) is 0 Å². The molecule has 54 valence electrons. The lowest BCUT2D eigenvalue weighted by atomic mass is 10.5. The van der Waals surface area contributed by atoms with Gasteiger partial charge in [-0.25, -0.2) is 0 Å². The summed E-state index contributed by atoms with van der Waals surface area (Å²) in [5, 5.41) is 0. The predicted molar refractivity (Wildman–Crippen MR) is 45.6 cm³/mol. The van der Waals surface area contributed by atoms with Gasteiger partial charge in [0.25, 0.3) is 0 Å². The Balaban J connectivity index is 0. The molecule has 0 N–H and O–H groups in total. The van der Waals surface area contributed by atoms with E-state index < -0.39 is 0 Å². The molecule has 0 aromatic rings. The third kappa shape index (κ3) is 36.5. The Kier molecular flexibility index (Phi) is 19.6. The number of allylic oxidation sites excluding steroid dienone is 4. The Morgan fingerprint density at radius 2 is 1.11 bits per heavy atom. The molecule has 0 heteroatoms. The molecule has 0 saturated heterocycles. The molecule has 0 aliphatic rings. The Bertz CT molecular complexity index is 58.1. The van der Waals surface area contributed by atoms with Crippen molar-refractivity contribution in [2.75, 3.05) is 0 Å². The van der Waals surface area contributed by atoms with Gasteiger partial charge in [-0.2, -0.15) is 0 Å². The second-order valence-electron chi connectivity index (χ2n) is 1.76. The van der Waals surface area contributed by atoms with Crippen molar-refractivity contribution < 1.29 is 0 Å². The molecule has 0 aromatic carbocycles. The van der Waals surface area contributed by atoms with Crippen LogP contribution in [0.3, 0.4) is 0 Å². The number of rotatable bonds is 1. The van der Waals surface area contributed by atoms with Gasteiger partial charge < -0.3 is 0 Å². The number of hydrogen-bond donors (Lipinski definition) is 0. The molecule has 0 fully saturated rings. The zero-order chi connectivity index (χ0) is 7.54. The van der Waals surface area contributed by atoms with Crippen LogP contribution in [-0.4, -0.2) is 0 Å². The van der Waals surface area contributed by atoms with Crippen molar-refractivity contribution in [1.82, 2.24) is 0 Å². The van der Waals surface area contributed by atoms with E-state index in [-0.39, 0.29) is 0 Å². The van der Waals surface area contributed by atoms with Gasteiger partial charge in [0.1, 0.15) is 0 Å². The summed E-state index contributed by atoms with van der Waals surface area (Å²) in [6.45, 7) is 8.25. The Labute approximate surface area is 59.3 Å². The Hall–Kier alpha value is -0.520. The summed E-state index contributed by atoms with van der Waals surface area (Å²) in [4.78, 5) is 0. The van der Waals surface area contributed by atoms with Gasteiger partial charge in [-0.05, 0) is 13.8 Å². The molecular weight excluding hydrogens is 108 g/mol. The van der Waals surface area contributed by atoms with Crippen molar-refractivity contribution >= 4 is 0 Å². The Morgan fingerprint density at radius 1 is 0.889 bits per heavy atom. The Morgan fingerprint density at radius 3 is 1.22 bits per heavy atom. The van der Waals surface area contributed by atoms with Crippen molar-refractivity contribution in [2.24, 2.45) is 0 Å². The molecule has 0 rings (SSSR count). The molecule has 9 heavy (non-hydrogen) atoms. The standard InChI is InChI=1S/C6H10.C3H8/c1-3-5-6-4-2;1-3-2/h3-6H,1-2H3;3H2,1-2H3. The van der Waals surface area contributed by atoms with E-state index in [1.165, 1.54) is 6.42 Å². The van der Waals surface area contributed by atoms with Crippen LogP contribution in [0.25, 0.3) is 0 Å². The van der Waals surface area contributed by atoms with Gasteiger partial charge in [0.15, 0.2) is 0 Å². The van der Waals surface area contributed by atoms with Crippen molar-refractivity contribution in [3.63, 3.8) is 0 Å². The maximum Gasteiger partial charge on any atom is -0.0467 e. The highest BCUT2D eigenvalue weighted by molar-refractivity contribution is 4.98. The lowest BCUT2D eigenvalue weighted by Crippen LogP contribution is -1.40. The smallest absolute Gasteiger partial charge is 0.0467 e. The van der Waals surface area contributed by atoms with Crippen LogP contribution < -0.4 is 0 Å². The fraction of sp³-hybridized carbons (Fsp3) is 0.556. The molecular formula is C9H18. The van der Waals surface area contributed by atoms with Crippen molar-refractivity contribution in [3.8, 4) is 0 Å². The summed E-state index contributed by atoms with van der Waals surface area (Å²) in [6.07, 6.45) is 9.25. The minimum Gasteiger partial charge on any atom is -0.0877 e. The van der Waals surface area contributed by atoms with Gasteiger partial charge in [-0.15, -0.1) is 0 Å². The zero-order valence-corrected chi connectivity index (χ0v) is 7.02. The molecule has 0 spiro atoms. The third-order valence-electron chi connectivity index (χ3n) is 0.496. The first-order chi connectivity index (χ1) is 4.33. The minimum atomic E-state index is 1.25. The third-order valence-corrected chi connectivity index (χ3v) is 0.496. The van der Waals surface area contributed by atoms with Crippen LogP contribution >= 0.6 is 0 Å². The van der Waals surface area contributed by atoms with E-state index in [2.05, 4.69) is 13.8 Å². The molecule has 0 bridgehead atoms. The van der Waals surface area contributed by atoms with Crippen LogP contribution in [0.5, 0.6) is 0 Å². The van der Waals surface area contributed by atoms with Crippen molar-refractivity contribution in [1.29, 1.82) is 0 Å². The van der Waals surface area contributed by atoms with E-state index in [1.54, 1.807) is 0 Å². The van der Waals surface area contributed by atoms with E-state index >= 15 is 0 Å². The summed E-state index contributed by atoms with van der Waals surface area (Å²) in [5.74, 6) is 0. The van der Waals surface area contributed by atoms with Crippen LogP contribution in [0.1, 0.15) is 34.1 Å². The minimum absolute atomic E-state index is 1.25. The van der Waals surface area contributed by atoms with Crippen LogP contribution in [0.15, 0.2) is 24.3 Å². The first-order valence-corrected chi connectivity index (χ1v) is 3.57. The summed E-state index contributed by atoms with van der Waals surface area (Å²) >= 11 is 0. The average molecular weight is 126 g/mol. The highest BCUT2D eigenvalue weighted by atomic mass is 13.6. The van der Waals surface area contributed by atoms with Crippen LogP contribution in [-0.2, 0) is 0 Å². The van der Waals surface area contributed by atoms with Gasteiger partial charge in [-0.3, -0.25) is 0 Å². The molecule has 0 amide bonds. The SMILES string of the molecule is CC=CC=CC.CCC. The zero-order valence-electron chi connectivity index (χ0n) is 7.02. The molecule has 0 unspecified atom stereocenters. The molecule has 0 atom stereocenters. The van der Waals surface area contributed by atoms with Crippen molar-refractivity contribution in [3.05, 3.63) is 24.3 Å². The van der Waals surface area contributed by atoms with E-state index in [0.717, 1.165) is 0 Å². The highest BCUT2D eigenvalue weighted by Gasteiger charge is 1.48. The van der Waals surface area contributed by atoms with Gasteiger partial charge >= 0.3 is 0 Å². The molecule has 0 aliphatic carbocycles. The van der Waals surface area contributed by atoms with E-state index in [0.29, 0.717) is 0 Å². The maximum atomic E-state index is 2.12. The largest absolute Gasteiger partial charge is 0.0877 e. The molecule has 0 heterocycles. The maximum absolute atomic E-state index is 2.12. The monoisotopic (exact) mass is 126 g/mol. The summed E-state index contributed by atoms with van der Waals surface area (Å²) in [6, 6.07) is 0. The first kappa shape index (κ1) is 11.3. The molecule has 0 aromatic heterocycles. The fourth-order valence-corrected chi connectivity index (χ4v) is 0.222. The number of hydrogen-bond acceptors (Lipinski definition) is 0. The van der Waals surface area contributed by atoms with Crippen molar-refractivity contribution in [2.45, 2.75) is 34.1 Å². The first-order valence-electron chi connectivity index (χ1n) is 3.57. The lowest BCUT2D eigenvalue weighted by molar-refractivity contribution is 1.09. The topological polar surface area (TPSA) is 0 Å². The average Bonchev–Trinajstić information content (AvgIpc) is 1.86. The van der Waals surface area contributed by atoms with E-state index in [4.69, 9.17) is 0 Å². The molecule has 0 radical (unpaired) electrons. The predicted octanol–water partition coefficient (Wildman–Crippen LogP) is 3.55. The van der Waals surface area contributed by atoms with Gasteiger partial charge in [-0.1, -0.05) is 44.6 Å². The second kappa shape index (κ2) is 15.6. The molecule has 0 nitrogen and oxygen atoms in total. The van der Waals surface area contributed by atoms with Gasteiger partial charge in [0.2, 0.25) is 0 Å². The van der Waals surface area contributed by atoms with Gasteiger partial charge in [0, 0.05) is 0 Å². The summed E-state index contributed by atoms with van der Waals surface area (Å²) in [7, 11) is 0. The normalized spacial score (nSPS) is 9.78. The van der Waals surface area contributed by atoms with E-state index in [9.17, 15) is 0 Å². The van der Waals surface area contributed by atoms with Gasteiger partial charge in [0.05, 0.1) is 0 Å². The summed E-state index contributed by atoms with van der Waals surface area (Å²) in [5.41, 5.74) is 0. The summed E-state index contributed by atoms with van der Waals surface area (Å²) < 4.78 is 0. The molecule has 0 aliphatic heterocycles. The quantitative estimate of drug-likeness (QED) is 0.471. The second-order valence-corrected chi connectivity index (χ2v) is 1.76. The lowest BCUT2D eigenvalue weighted by Gasteiger charge is -1.62. The highest BCUT2D eigenvalue weighted by Crippen LogP contribution is 1.71. The fourth-order valence-electron chi connectivity index (χ4n) is 0.222. The molecule has 0 saturated carbocycles.